The third-order valence-electron chi connectivity index (χ3n) is 3.72. The van der Waals surface area contributed by atoms with Crippen molar-refractivity contribution in [2.75, 3.05) is 6.54 Å². The molecule has 1 amide bonds. The Morgan fingerprint density at radius 1 is 1.27 bits per heavy atom. The maximum Gasteiger partial charge on any atom is 0.416 e. The highest BCUT2D eigenvalue weighted by molar-refractivity contribution is 5.85. The smallest absolute Gasteiger partial charge is 0.348 e. The molecule has 1 fully saturated rings. The van der Waals surface area contributed by atoms with E-state index in [4.69, 9.17) is 0 Å². The maximum atomic E-state index is 12.5. The molecule has 3 nitrogen and oxygen atoms in total. The summed E-state index contributed by atoms with van der Waals surface area (Å²) in [4.78, 5) is 12.1. The second kappa shape index (κ2) is 7.83. The summed E-state index contributed by atoms with van der Waals surface area (Å²) in [5.74, 6) is -0.0953. The van der Waals surface area contributed by atoms with Gasteiger partial charge in [0.1, 0.15) is 0 Å². The first-order chi connectivity index (χ1) is 9.88. The highest BCUT2D eigenvalue weighted by atomic mass is 35.5. The minimum Gasteiger partial charge on any atom is -0.348 e. The fourth-order valence-corrected chi connectivity index (χ4v) is 2.43. The second-order valence-electron chi connectivity index (χ2n) is 5.35. The standard InChI is InChI=1S/C15H19F3N2O.ClH/c1-10(20-14(21)13-4-2-3-9-19-13)11-5-7-12(8-6-11)15(16,17)18;/h5-8,10,13,19H,2-4,9H2,1H3,(H,20,21);1H/t10?,13-;/m0./s1. The van der Waals surface area contributed by atoms with Gasteiger partial charge in [0, 0.05) is 0 Å². The predicted octanol–water partition coefficient (Wildman–Crippen LogP) is 3.45. The van der Waals surface area contributed by atoms with Crippen molar-refractivity contribution >= 4 is 18.3 Å². The van der Waals surface area contributed by atoms with E-state index in [0.717, 1.165) is 37.9 Å². The molecule has 2 atom stereocenters. The van der Waals surface area contributed by atoms with Crippen molar-refractivity contribution in [1.82, 2.24) is 10.6 Å². The number of benzene rings is 1. The van der Waals surface area contributed by atoms with Crippen LogP contribution in [0.25, 0.3) is 0 Å². The number of amides is 1. The summed E-state index contributed by atoms with van der Waals surface area (Å²) in [6, 6.07) is 4.37. The topological polar surface area (TPSA) is 41.1 Å². The summed E-state index contributed by atoms with van der Waals surface area (Å²) in [6.07, 6.45) is -1.46. The summed E-state index contributed by atoms with van der Waals surface area (Å²) in [7, 11) is 0. The van der Waals surface area contributed by atoms with Crippen LogP contribution < -0.4 is 10.6 Å². The van der Waals surface area contributed by atoms with Gasteiger partial charge in [-0.3, -0.25) is 4.79 Å². The Bertz CT molecular complexity index is 485. The van der Waals surface area contributed by atoms with Crippen LogP contribution in [0.5, 0.6) is 0 Å². The average molecular weight is 337 g/mol. The second-order valence-corrected chi connectivity index (χ2v) is 5.35. The SMILES string of the molecule is CC(NC(=O)[C@@H]1CCCCN1)c1ccc(C(F)(F)F)cc1.Cl. The van der Waals surface area contributed by atoms with Crippen LogP contribution in [0.15, 0.2) is 24.3 Å². The molecule has 0 radical (unpaired) electrons. The molecule has 0 bridgehead atoms. The molecule has 22 heavy (non-hydrogen) atoms. The van der Waals surface area contributed by atoms with Crippen LogP contribution in [-0.4, -0.2) is 18.5 Å². The number of alkyl halides is 3. The van der Waals surface area contributed by atoms with Gasteiger partial charge in [-0.05, 0) is 44.0 Å². The van der Waals surface area contributed by atoms with Crippen molar-refractivity contribution in [2.45, 2.75) is 44.4 Å². The summed E-state index contributed by atoms with van der Waals surface area (Å²) in [5.41, 5.74) is -0.0223. The normalized spacial score (nSPS) is 19.9. The Kier molecular flexibility index (Phi) is 6.68. The lowest BCUT2D eigenvalue weighted by molar-refractivity contribution is -0.137. The van der Waals surface area contributed by atoms with E-state index in [-0.39, 0.29) is 30.4 Å². The first-order valence-corrected chi connectivity index (χ1v) is 7.09. The van der Waals surface area contributed by atoms with Crippen LogP contribution in [0.2, 0.25) is 0 Å². The molecule has 7 heteroatoms. The number of carbonyl (C=O) groups is 1. The predicted molar refractivity (Wildman–Crippen MR) is 80.9 cm³/mol. The fourth-order valence-electron chi connectivity index (χ4n) is 2.43. The lowest BCUT2D eigenvalue weighted by atomic mass is 10.0. The van der Waals surface area contributed by atoms with Crippen LogP contribution in [0, 0.1) is 0 Å². The highest BCUT2D eigenvalue weighted by Gasteiger charge is 2.30. The number of nitrogens with one attached hydrogen (secondary N) is 2. The molecule has 124 valence electrons. The molecule has 2 rings (SSSR count). The average Bonchev–Trinajstić information content (AvgIpc) is 2.47. The molecule has 1 unspecified atom stereocenters. The van der Waals surface area contributed by atoms with Crippen LogP contribution >= 0.6 is 12.4 Å². The molecule has 0 saturated carbocycles. The van der Waals surface area contributed by atoms with E-state index in [2.05, 4.69) is 10.6 Å². The summed E-state index contributed by atoms with van der Waals surface area (Å²) in [5, 5.41) is 5.99. The Hall–Kier alpha value is -1.27. The molecule has 1 aliphatic rings. The van der Waals surface area contributed by atoms with Gasteiger partial charge in [-0.25, -0.2) is 0 Å². The first-order valence-electron chi connectivity index (χ1n) is 7.09. The molecular weight excluding hydrogens is 317 g/mol. The Morgan fingerprint density at radius 3 is 2.41 bits per heavy atom. The monoisotopic (exact) mass is 336 g/mol. The Labute approximate surface area is 134 Å². The fraction of sp³-hybridized carbons (Fsp3) is 0.533. The number of carbonyl (C=O) groups excluding carboxylic acids is 1. The van der Waals surface area contributed by atoms with Gasteiger partial charge >= 0.3 is 6.18 Å². The first kappa shape index (κ1) is 18.8. The van der Waals surface area contributed by atoms with E-state index < -0.39 is 11.7 Å². The van der Waals surface area contributed by atoms with Gasteiger partial charge in [-0.1, -0.05) is 18.6 Å². The lowest BCUT2D eigenvalue weighted by Gasteiger charge is -2.24. The maximum absolute atomic E-state index is 12.5. The van der Waals surface area contributed by atoms with E-state index in [1.807, 2.05) is 0 Å². The number of hydrogen-bond donors (Lipinski definition) is 2. The van der Waals surface area contributed by atoms with Crippen molar-refractivity contribution in [3.8, 4) is 0 Å². The molecule has 2 N–H and O–H groups in total. The zero-order chi connectivity index (χ0) is 15.5. The third kappa shape index (κ3) is 4.88. The molecule has 1 aromatic carbocycles. The zero-order valence-corrected chi connectivity index (χ0v) is 13.1. The van der Waals surface area contributed by atoms with Gasteiger partial charge in [0.25, 0.3) is 0 Å². The summed E-state index contributed by atoms with van der Waals surface area (Å²) >= 11 is 0. The van der Waals surface area contributed by atoms with Crippen molar-refractivity contribution in [3.63, 3.8) is 0 Å². The summed E-state index contributed by atoms with van der Waals surface area (Å²) in [6.45, 7) is 2.59. The molecule has 1 aromatic rings. The molecule has 0 aliphatic carbocycles. The minimum atomic E-state index is -4.34. The number of halogens is 4. The van der Waals surface area contributed by atoms with E-state index in [9.17, 15) is 18.0 Å². The van der Waals surface area contributed by atoms with Crippen LogP contribution in [0.3, 0.4) is 0 Å². The van der Waals surface area contributed by atoms with Crippen LogP contribution in [0.1, 0.15) is 43.4 Å². The molecule has 1 heterocycles. The van der Waals surface area contributed by atoms with Crippen molar-refractivity contribution in [3.05, 3.63) is 35.4 Å². The third-order valence-corrected chi connectivity index (χ3v) is 3.72. The quantitative estimate of drug-likeness (QED) is 0.887. The molecule has 1 aliphatic heterocycles. The van der Waals surface area contributed by atoms with Crippen molar-refractivity contribution in [1.29, 1.82) is 0 Å². The van der Waals surface area contributed by atoms with Crippen LogP contribution in [-0.2, 0) is 11.0 Å². The van der Waals surface area contributed by atoms with E-state index >= 15 is 0 Å². The molecule has 0 aromatic heterocycles. The van der Waals surface area contributed by atoms with Crippen molar-refractivity contribution in [2.24, 2.45) is 0 Å². The van der Waals surface area contributed by atoms with Gasteiger partial charge in [-0.15, -0.1) is 12.4 Å². The number of rotatable bonds is 3. The van der Waals surface area contributed by atoms with E-state index in [1.54, 1.807) is 6.92 Å². The number of hydrogen-bond acceptors (Lipinski definition) is 2. The lowest BCUT2D eigenvalue weighted by Crippen LogP contribution is -2.47. The molecule has 0 spiro atoms. The van der Waals surface area contributed by atoms with E-state index in [0.29, 0.717) is 5.56 Å². The van der Waals surface area contributed by atoms with Gasteiger partial charge in [0.05, 0.1) is 17.6 Å². The molecule has 1 saturated heterocycles. The Morgan fingerprint density at radius 2 is 1.91 bits per heavy atom. The van der Waals surface area contributed by atoms with Gasteiger partial charge in [-0.2, -0.15) is 13.2 Å². The Balaban J connectivity index is 0.00000242. The van der Waals surface area contributed by atoms with Crippen molar-refractivity contribution < 1.29 is 18.0 Å². The molecular formula is C15H20ClF3N2O. The van der Waals surface area contributed by atoms with Gasteiger partial charge in [0.2, 0.25) is 5.91 Å². The van der Waals surface area contributed by atoms with E-state index in [1.165, 1.54) is 12.1 Å². The highest BCUT2D eigenvalue weighted by Crippen LogP contribution is 2.29. The van der Waals surface area contributed by atoms with Gasteiger partial charge < -0.3 is 10.6 Å². The zero-order valence-electron chi connectivity index (χ0n) is 12.2. The van der Waals surface area contributed by atoms with Gasteiger partial charge in [0.15, 0.2) is 0 Å². The van der Waals surface area contributed by atoms with Crippen LogP contribution in [0.4, 0.5) is 13.2 Å². The summed E-state index contributed by atoms with van der Waals surface area (Å²) < 4.78 is 37.5. The largest absolute Gasteiger partial charge is 0.416 e. The minimum absolute atomic E-state index is 0. The number of piperidine rings is 1.